The molecule has 0 radical (unpaired) electrons. The molecule has 33 heavy (non-hydrogen) atoms. The topological polar surface area (TPSA) is 68.5 Å². The zero-order chi connectivity index (χ0) is 23.0. The first kappa shape index (κ1) is 22.6. The Morgan fingerprint density at radius 3 is 2.36 bits per heavy atom. The van der Waals surface area contributed by atoms with Crippen molar-refractivity contribution in [3.8, 4) is 17.1 Å². The van der Waals surface area contributed by atoms with Gasteiger partial charge in [0.05, 0.1) is 6.04 Å². The lowest BCUT2D eigenvalue weighted by Crippen LogP contribution is -2.38. The van der Waals surface area contributed by atoms with E-state index in [-0.39, 0.29) is 18.6 Å². The Bertz CT molecular complexity index is 1160. The number of carbonyl (C=O) groups excluding carboxylic acids is 1. The van der Waals surface area contributed by atoms with Gasteiger partial charge in [-0.2, -0.15) is 4.98 Å². The minimum atomic E-state index is -0.149. The molecular weight excluding hydrogens is 438 g/mol. The maximum atomic E-state index is 13.2. The molecule has 3 aromatic carbocycles. The normalized spacial score (nSPS) is 11.7. The predicted octanol–water partition coefficient (Wildman–Crippen LogP) is 5.60. The van der Waals surface area contributed by atoms with Gasteiger partial charge in [0.1, 0.15) is 5.75 Å². The van der Waals surface area contributed by atoms with Crippen molar-refractivity contribution in [3.05, 3.63) is 101 Å². The second-order valence-electron chi connectivity index (χ2n) is 7.54. The first-order valence-corrected chi connectivity index (χ1v) is 11.1. The van der Waals surface area contributed by atoms with Crippen molar-refractivity contribution in [2.24, 2.45) is 0 Å². The summed E-state index contributed by atoms with van der Waals surface area (Å²) in [5, 5.41) is 4.68. The lowest BCUT2D eigenvalue weighted by Gasteiger charge is -2.29. The van der Waals surface area contributed by atoms with Gasteiger partial charge in [0.25, 0.3) is 5.91 Å². The lowest BCUT2D eigenvalue weighted by molar-refractivity contribution is -0.135. The number of nitrogens with zero attached hydrogens (tertiary/aromatic N) is 3. The fraction of sp³-hybridized carbons (Fsp3) is 0.192. The van der Waals surface area contributed by atoms with Crippen molar-refractivity contribution in [1.29, 1.82) is 0 Å². The van der Waals surface area contributed by atoms with Gasteiger partial charge >= 0.3 is 0 Å². The third-order valence-corrected chi connectivity index (χ3v) is 5.56. The Balaban J connectivity index is 1.46. The van der Waals surface area contributed by atoms with E-state index >= 15 is 0 Å². The summed E-state index contributed by atoms with van der Waals surface area (Å²) in [6.45, 7) is 2.33. The third kappa shape index (κ3) is 5.99. The van der Waals surface area contributed by atoms with E-state index in [1.807, 2.05) is 67.6 Å². The SMILES string of the molecule is C[C@@H](c1ccccc1)N(CCc1nc(-c2ccccc2)no1)C(=O)COc1ccc(Cl)cc1. The molecule has 6 nitrogen and oxygen atoms in total. The highest BCUT2D eigenvalue weighted by Crippen LogP contribution is 2.22. The average molecular weight is 462 g/mol. The van der Waals surface area contributed by atoms with E-state index < -0.39 is 0 Å². The zero-order valence-electron chi connectivity index (χ0n) is 18.2. The van der Waals surface area contributed by atoms with Gasteiger partial charge in [-0.15, -0.1) is 0 Å². The second-order valence-corrected chi connectivity index (χ2v) is 7.98. The minimum Gasteiger partial charge on any atom is -0.484 e. The minimum absolute atomic E-state index is 0.0854. The standard InChI is InChI=1S/C26H24ClN3O3/c1-19(20-8-4-2-5-9-20)30(25(31)18-32-23-14-12-22(27)13-15-23)17-16-24-28-26(29-33-24)21-10-6-3-7-11-21/h2-15,19H,16-18H2,1H3/t19-/m0/s1. The Labute approximate surface area is 197 Å². The summed E-state index contributed by atoms with van der Waals surface area (Å²) < 4.78 is 11.1. The Morgan fingerprint density at radius 2 is 1.67 bits per heavy atom. The van der Waals surface area contributed by atoms with Crippen LogP contribution in [-0.2, 0) is 11.2 Å². The highest BCUT2D eigenvalue weighted by atomic mass is 35.5. The van der Waals surface area contributed by atoms with E-state index in [2.05, 4.69) is 10.1 Å². The van der Waals surface area contributed by atoms with Crippen LogP contribution in [0, 0.1) is 0 Å². The number of aromatic nitrogens is 2. The van der Waals surface area contributed by atoms with Gasteiger partial charge in [-0.25, -0.2) is 0 Å². The molecule has 0 N–H and O–H groups in total. The summed E-state index contributed by atoms with van der Waals surface area (Å²) in [6.07, 6.45) is 0.434. The molecule has 1 aromatic heterocycles. The molecule has 0 bridgehead atoms. The quantitative estimate of drug-likeness (QED) is 0.324. The molecule has 0 fully saturated rings. The van der Waals surface area contributed by atoms with E-state index in [4.69, 9.17) is 20.9 Å². The van der Waals surface area contributed by atoms with Gasteiger partial charge in [0, 0.05) is 23.6 Å². The fourth-order valence-corrected chi connectivity index (χ4v) is 3.61. The molecular formula is C26H24ClN3O3. The van der Waals surface area contributed by atoms with Gasteiger partial charge in [0.2, 0.25) is 11.7 Å². The van der Waals surface area contributed by atoms with Crippen LogP contribution in [0.4, 0.5) is 0 Å². The van der Waals surface area contributed by atoms with Crippen molar-refractivity contribution >= 4 is 17.5 Å². The van der Waals surface area contributed by atoms with Gasteiger partial charge < -0.3 is 14.2 Å². The largest absolute Gasteiger partial charge is 0.484 e. The molecule has 0 saturated carbocycles. The fourth-order valence-electron chi connectivity index (χ4n) is 3.48. The van der Waals surface area contributed by atoms with Crippen LogP contribution in [-0.4, -0.2) is 34.1 Å². The molecule has 7 heteroatoms. The summed E-state index contributed by atoms with van der Waals surface area (Å²) in [7, 11) is 0. The van der Waals surface area contributed by atoms with Crippen molar-refractivity contribution in [2.75, 3.05) is 13.2 Å². The van der Waals surface area contributed by atoms with Crippen LogP contribution in [0.25, 0.3) is 11.4 Å². The monoisotopic (exact) mass is 461 g/mol. The molecule has 0 unspecified atom stereocenters. The molecule has 1 atom stereocenters. The number of hydrogen-bond acceptors (Lipinski definition) is 5. The Morgan fingerprint density at radius 1 is 1.00 bits per heavy atom. The highest BCUT2D eigenvalue weighted by Gasteiger charge is 2.23. The Kier molecular flexibility index (Phi) is 7.37. The van der Waals surface area contributed by atoms with E-state index in [0.29, 0.717) is 35.5 Å². The van der Waals surface area contributed by atoms with Gasteiger partial charge in [-0.05, 0) is 36.8 Å². The summed E-state index contributed by atoms with van der Waals surface area (Å²) in [6, 6.07) is 26.3. The van der Waals surface area contributed by atoms with Gasteiger partial charge in [-0.3, -0.25) is 4.79 Å². The molecule has 0 saturated heterocycles. The molecule has 0 spiro atoms. The summed E-state index contributed by atoms with van der Waals surface area (Å²) in [5.41, 5.74) is 1.92. The number of carbonyl (C=O) groups is 1. The van der Waals surface area contributed by atoms with Crippen molar-refractivity contribution < 1.29 is 14.1 Å². The maximum Gasteiger partial charge on any atom is 0.261 e. The van der Waals surface area contributed by atoms with Crippen molar-refractivity contribution in [2.45, 2.75) is 19.4 Å². The smallest absolute Gasteiger partial charge is 0.261 e. The molecule has 1 amide bonds. The van der Waals surface area contributed by atoms with Crippen molar-refractivity contribution in [1.82, 2.24) is 15.0 Å². The zero-order valence-corrected chi connectivity index (χ0v) is 19.0. The van der Waals surface area contributed by atoms with Crippen molar-refractivity contribution in [3.63, 3.8) is 0 Å². The third-order valence-electron chi connectivity index (χ3n) is 5.31. The van der Waals surface area contributed by atoms with Crippen LogP contribution in [0.1, 0.15) is 24.4 Å². The van der Waals surface area contributed by atoms with E-state index in [9.17, 15) is 4.79 Å². The number of amides is 1. The van der Waals surface area contributed by atoms with Crippen LogP contribution in [0.3, 0.4) is 0 Å². The number of halogens is 1. The number of ether oxygens (including phenoxy) is 1. The van der Waals surface area contributed by atoms with Crippen LogP contribution in [0.2, 0.25) is 5.02 Å². The van der Waals surface area contributed by atoms with Crippen LogP contribution >= 0.6 is 11.6 Å². The summed E-state index contributed by atoms with van der Waals surface area (Å²) >= 11 is 5.92. The van der Waals surface area contributed by atoms with E-state index in [0.717, 1.165) is 11.1 Å². The molecule has 1 heterocycles. The molecule has 4 rings (SSSR count). The van der Waals surface area contributed by atoms with Crippen LogP contribution in [0.15, 0.2) is 89.5 Å². The maximum absolute atomic E-state index is 13.2. The first-order valence-electron chi connectivity index (χ1n) is 10.7. The molecule has 4 aromatic rings. The number of rotatable bonds is 9. The highest BCUT2D eigenvalue weighted by molar-refractivity contribution is 6.30. The molecule has 168 valence electrons. The lowest BCUT2D eigenvalue weighted by atomic mass is 10.1. The summed E-state index contributed by atoms with van der Waals surface area (Å²) in [5.74, 6) is 1.46. The second kappa shape index (κ2) is 10.8. The number of hydrogen-bond donors (Lipinski definition) is 0. The Hall–Kier alpha value is -3.64. The summed E-state index contributed by atoms with van der Waals surface area (Å²) in [4.78, 5) is 19.4. The van der Waals surface area contributed by atoms with E-state index in [1.54, 1.807) is 29.2 Å². The number of benzene rings is 3. The van der Waals surface area contributed by atoms with Crippen LogP contribution < -0.4 is 4.74 Å². The van der Waals surface area contributed by atoms with E-state index in [1.165, 1.54) is 0 Å². The van der Waals surface area contributed by atoms with Gasteiger partial charge in [0.15, 0.2) is 6.61 Å². The molecule has 0 aliphatic heterocycles. The first-order chi connectivity index (χ1) is 16.1. The predicted molar refractivity (Wildman–Crippen MR) is 127 cm³/mol. The average Bonchev–Trinajstić information content (AvgIpc) is 3.34. The molecule has 0 aliphatic carbocycles. The van der Waals surface area contributed by atoms with Gasteiger partial charge in [-0.1, -0.05) is 77.4 Å². The molecule has 0 aliphatic rings. The van der Waals surface area contributed by atoms with Crippen LogP contribution in [0.5, 0.6) is 5.75 Å².